The van der Waals surface area contributed by atoms with Crippen molar-refractivity contribution >= 4 is 11.8 Å². The lowest BCUT2D eigenvalue weighted by atomic mass is 9.95. The number of ketones is 1. The Morgan fingerprint density at radius 3 is 2.79 bits per heavy atom. The average molecular weight is 200 g/mol. The molecule has 0 aromatic rings. The zero-order chi connectivity index (χ0) is 10.6. The summed E-state index contributed by atoms with van der Waals surface area (Å²) in [6.07, 6.45) is 1.05. The predicted molar refractivity (Wildman–Crippen MR) is 49.7 cm³/mol. The van der Waals surface area contributed by atoms with Crippen molar-refractivity contribution < 1.29 is 19.1 Å². The molecule has 1 aliphatic rings. The molecule has 2 unspecified atom stereocenters. The summed E-state index contributed by atoms with van der Waals surface area (Å²) in [5.41, 5.74) is 0. The third-order valence-corrected chi connectivity index (χ3v) is 2.50. The molecular weight excluding hydrogens is 184 g/mol. The Kier molecular flexibility index (Phi) is 4.07. The first-order valence-electron chi connectivity index (χ1n) is 4.83. The molecule has 0 aliphatic carbocycles. The summed E-state index contributed by atoms with van der Waals surface area (Å²) in [6, 6.07) is 0. The van der Waals surface area contributed by atoms with Crippen LogP contribution < -0.4 is 0 Å². The van der Waals surface area contributed by atoms with Crippen molar-refractivity contribution in [2.75, 3.05) is 20.3 Å². The Balaban J connectivity index is 2.35. The predicted octanol–water partition coefficient (Wildman–Crippen LogP) is 0.791. The second-order valence-corrected chi connectivity index (χ2v) is 3.66. The van der Waals surface area contributed by atoms with Crippen LogP contribution >= 0.6 is 0 Å². The summed E-state index contributed by atoms with van der Waals surface area (Å²) in [4.78, 5) is 22.6. The molecule has 0 aromatic heterocycles. The molecule has 0 bridgehead atoms. The fourth-order valence-electron chi connectivity index (χ4n) is 1.54. The summed E-state index contributed by atoms with van der Waals surface area (Å²) in [6.45, 7) is 2.87. The minimum atomic E-state index is -0.340. The second-order valence-electron chi connectivity index (χ2n) is 3.66. The first-order chi connectivity index (χ1) is 6.65. The number of hydrogen-bond acceptors (Lipinski definition) is 4. The van der Waals surface area contributed by atoms with Gasteiger partial charge in [-0.1, -0.05) is 6.92 Å². The van der Waals surface area contributed by atoms with Crippen LogP contribution in [0.25, 0.3) is 0 Å². The number of ether oxygens (including phenoxy) is 2. The first kappa shape index (κ1) is 11.2. The number of carbonyl (C=O) groups is 2. The highest BCUT2D eigenvalue weighted by molar-refractivity contribution is 5.86. The maximum atomic E-state index is 11.6. The Morgan fingerprint density at radius 1 is 1.57 bits per heavy atom. The molecule has 2 atom stereocenters. The van der Waals surface area contributed by atoms with E-state index >= 15 is 0 Å². The van der Waals surface area contributed by atoms with Crippen LogP contribution in [-0.2, 0) is 19.1 Å². The largest absolute Gasteiger partial charge is 0.469 e. The number of hydrogen-bond donors (Lipinski definition) is 0. The van der Waals surface area contributed by atoms with E-state index in [0.717, 1.165) is 6.42 Å². The molecule has 0 saturated carbocycles. The van der Waals surface area contributed by atoms with Gasteiger partial charge in [-0.2, -0.15) is 0 Å². The molecule has 4 nitrogen and oxygen atoms in total. The topological polar surface area (TPSA) is 52.6 Å². The van der Waals surface area contributed by atoms with Gasteiger partial charge in [0.2, 0.25) is 0 Å². The van der Waals surface area contributed by atoms with Gasteiger partial charge >= 0.3 is 5.97 Å². The second kappa shape index (κ2) is 5.10. The monoisotopic (exact) mass is 200 g/mol. The van der Waals surface area contributed by atoms with Crippen molar-refractivity contribution in [3.05, 3.63) is 0 Å². The average Bonchev–Trinajstić information content (AvgIpc) is 2.69. The fraction of sp³-hybridized carbons (Fsp3) is 0.800. The minimum Gasteiger partial charge on any atom is -0.469 e. The normalized spacial score (nSPS) is 23.1. The van der Waals surface area contributed by atoms with Gasteiger partial charge in [0.1, 0.15) is 5.78 Å². The van der Waals surface area contributed by atoms with E-state index in [-0.39, 0.29) is 30.0 Å². The Hall–Kier alpha value is -0.900. The van der Waals surface area contributed by atoms with Crippen LogP contribution in [0, 0.1) is 11.8 Å². The molecule has 0 amide bonds. The fourth-order valence-corrected chi connectivity index (χ4v) is 1.54. The highest BCUT2D eigenvalue weighted by Crippen LogP contribution is 2.18. The third-order valence-electron chi connectivity index (χ3n) is 2.50. The highest BCUT2D eigenvalue weighted by Gasteiger charge is 2.26. The van der Waals surface area contributed by atoms with E-state index in [9.17, 15) is 9.59 Å². The number of methoxy groups -OCH3 is 1. The van der Waals surface area contributed by atoms with Gasteiger partial charge in [0.15, 0.2) is 0 Å². The number of Topliss-reactive ketones (excluding diaryl/α,β-unsaturated/α-hetero) is 1. The SMILES string of the molecule is COC(=O)C(C)CC(=O)C1CCOC1. The van der Waals surface area contributed by atoms with Gasteiger partial charge in [0.05, 0.1) is 19.6 Å². The van der Waals surface area contributed by atoms with E-state index < -0.39 is 0 Å². The molecule has 1 aliphatic heterocycles. The van der Waals surface area contributed by atoms with Crippen LogP contribution in [-0.4, -0.2) is 32.1 Å². The van der Waals surface area contributed by atoms with E-state index in [1.807, 2.05) is 0 Å². The summed E-state index contributed by atoms with van der Waals surface area (Å²) in [5, 5.41) is 0. The lowest BCUT2D eigenvalue weighted by Crippen LogP contribution is -2.22. The first-order valence-corrected chi connectivity index (χ1v) is 4.83. The smallest absolute Gasteiger partial charge is 0.308 e. The molecule has 14 heavy (non-hydrogen) atoms. The summed E-state index contributed by atoms with van der Waals surface area (Å²) in [7, 11) is 1.34. The Morgan fingerprint density at radius 2 is 2.29 bits per heavy atom. The molecule has 80 valence electrons. The van der Waals surface area contributed by atoms with E-state index in [4.69, 9.17) is 4.74 Å². The van der Waals surface area contributed by atoms with Crippen molar-refractivity contribution in [2.45, 2.75) is 19.8 Å². The molecule has 0 radical (unpaired) electrons. The molecule has 1 rings (SSSR count). The summed E-state index contributed by atoms with van der Waals surface area (Å²) in [5.74, 6) is -0.562. The Labute approximate surface area is 83.6 Å². The number of carbonyl (C=O) groups excluding carboxylic acids is 2. The van der Waals surface area contributed by atoms with Crippen molar-refractivity contribution in [2.24, 2.45) is 11.8 Å². The van der Waals surface area contributed by atoms with E-state index in [2.05, 4.69) is 4.74 Å². The molecular formula is C10H16O4. The summed E-state index contributed by atoms with van der Waals surface area (Å²) < 4.78 is 9.66. The van der Waals surface area contributed by atoms with Crippen molar-refractivity contribution in [3.63, 3.8) is 0 Å². The maximum absolute atomic E-state index is 11.6. The quantitative estimate of drug-likeness (QED) is 0.629. The van der Waals surface area contributed by atoms with Crippen molar-refractivity contribution in [1.29, 1.82) is 0 Å². The molecule has 4 heteroatoms. The van der Waals surface area contributed by atoms with Crippen LogP contribution in [0.5, 0.6) is 0 Å². The van der Waals surface area contributed by atoms with Gasteiger partial charge in [-0.25, -0.2) is 0 Å². The van der Waals surface area contributed by atoms with Gasteiger partial charge in [-0.3, -0.25) is 9.59 Å². The van der Waals surface area contributed by atoms with E-state index in [1.54, 1.807) is 6.92 Å². The van der Waals surface area contributed by atoms with E-state index in [1.165, 1.54) is 7.11 Å². The third kappa shape index (κ3) is 2.80. The van der Waals surface area contributed by atoms with Gasteiger partial charge in [-0.05, 0) is 6.42 Å². The Bertz CT molecular complexity index is 218. The van der Waals surface area contributed by atoms with Crippen LogP contribution in [0.1, 0.15) is 19.8 Å². The molecule has 1 saturated heterocycles. The molecule has 1 fully saturated rings. The lowest BCUT2D eigenvalue weighted by Gasteiger charge is -2.10. The standard InChI is InChI=1S/C10H16O4/c1-7(10(12)13-2)5-9(11)8-3-4-14-6-8/h7-8H,3-6H2,1-2H3. The van der Waals surface area contributed by atoms with E-state index in [0.29, 0.717) is 13.2 Å². The molecule has 0 spiro atoms. The van der Waals surface area contributed by atoms with Crippen molar-refractivity contribution in [3.8, 4) is 0 Å². The number of esters is 1. The highest BCUT2D eigenvalue weighted by atomic mass is 16.5. The molecule has 0 aromatic carbocycles. The minimum absolute atomic E-state index is 0.0119. The van der Waals surface area contributed by atoms with Crippen LogP contribution in [0.4, 0.5) is 0 Å². The molecule has 1 heterocycles. The maximum Gasteiger partial charge on any atom is 0.308 e. The van der Waals surface area contributed by atoms with Gasteiger partial charge in [0, 0.05) is 18.9 Å². The zero-order valence-corrected chi connectivity index (χ0v) is 8.62. The molecule has 0 N–H and O–H groups in total. The van der Waals surface area contributed by atoms with Crippen molar-refractivity contribution in [1.82, 2.24) is 0 Å². The zero-order valence-electron chi connectivity index (χ0n) is 8.62. The lowest BCUT2D eigenvalue weighted by molar-refractivity contribution is -0.146. The van der Waals surface area contributed by atoms with Gasteiger partial charge < -0.3 is 9.47 Å². The van der Waals surface area contributed by atoms with Gasteiger partial charge in [-0.15, -0.1) is 0 Å². The van der Waals surface area contributed by atoms with Gasteiger partial charge in [0.25, 0.3) is 0 Å². The van der Waals surface area contributed by atoms with Crippen LogP contribution in [0.3, 0.4) is 0 Å². The van der Waals surface area contributed by atoms with Crippen LogP contribution in [0.15, 0.2) is 0 Å². The summed E-state index contributed by atoms with van der Waals surface area (Å²) >= 11 is 0. The van der Waals surface area contributed by atoms with Crippen LogP contribution in [0.2, 0.25) is 0 Å². The number of rotatable bonds is 4.